The van der Waals surface area contributed by atoms with Gasteiger partial charge in [-0.25, -0.2) is 4.79 Å². The van der Waals surface area contributed by atoms with E-state index in [9.17, 15) is 9.59 Å². The molecule has 0 fully saturated rings. The Morgan fingerprint density at radius 2 is 1.64 bits per heavy atom. The fourth-order valence-corrected chi connectivity index (χ4v) is 2.17. The van der Waals surface area contributed by atoms with Gasteiger partial charge in [-0.3, -0.25) is 9.36 Å². The number of urea groups is 1. The van der Waals surface area contributed by atoms with Crippen LogP contribution in [-0.4, -0.2) is 28.6 Å². The van der Waals surface area contributed by atoms with Gasteiger partial charge in [0.05, 0.1) is 0 Å². The highest BCUT2D eigenvalue weighted by atomic mass is 16.2. The summed E-state index contributed by atoms with van der Waals surface area (Å²) in [4.78, 5) is 24.5. The van der Waals surface area contributed by atoms with Gasteiger partial charge in [0.1, 0.15) is 6.04 Å². The number of benzene rings is 1. The van der Waals surface area contributed by atoms with E-state index in [2.05, 4.69) is 10.6 Å². The van der Waals surface area contributed by atoms with Crippen molar-refractivity contribution in [1.82, 2.24) is 15.2 Å². The van der Waals surface area contributed by atoms with Crippen LogP contribution < -0.4 is 10.6 Å². The zero-order chi connectivity index (χ0) is 15.9. The minimum absolute atomic E-state index is 0.0130. The van der Waals surface area contributed by atoms with Crippen molar-refractivity contribution in [2.75, 3.05) is 0 Å². The molecule has 5 heteroatoms. The summed E-state index contributed by atoms with van der Waals surface area (Å²) in [5.41, 5.74) is 0.998. The number of hydrogen-bond acceptors (Lipinski definition) is 2. The molecule has 0 aliphatic heterocycles. The molecule has 116 valence electrons. The molecular weight excluding hydrogens is 278 g/mol. The lowest BCUT2D eigenvalue weighted by Gasteiger charge is -2.19. The molecule has 2 rings (SSSR count). The predicted octanol–water partition coefficient (Wildman–Crippen LogP) is 2.45. The van der Waals surface area contributed by atoms with Gasteiger partial charge in [0, 0.05) is 24.9 Å². The molecule has 0 spiro atoms. The third-order valence-corrected chi connectivity index (χ3v) is 3.16. The number of aromatic nitrogens is 1. The Labute approximate surface area is 130 Å². The van der Waals surface area contributed by atoms with Crippen molar-refractivity contribution in [2.45, 2.75) is 32.4 Å². The monoisotopic (exact) mass is 299 g/mol. The molecule has 0 unspecified atom stereocenters. The van der Waals surface area contributed by atoms with Crippen molar-refractivity contribution in [3.8, 4) is 0 Å². The summed E-state index contributed by atoms with van der Waals surface area (Å²) in [5, 5.41) is 5.51. The van der Waals surface area contributed by atoms with Gasteiger partial charge in [-0.05, 0) is 31.5 Å². The van der Waals surface area contributed by atoms with Crippen molar-refractivity contribution < 1.29 is 9.59 Å². The maximum absolute atomic E-state index is 12.6. The lowest BCUT2D eigenvalue weighted by atomic mass is 10.1. The molecule has 0 aliphatic carbocycles. The van der Waals surface area contributed by atoms with Crippen LogP contribution in [0, 0.1) is 0 Å². The van der Waals surface area contributed by atoms with Crippen molar-refractivity contribution in [3.63, 3.8) is 0 Å². The van der Waals surface area contributed by atoms with Crippen LogP contribution in [0.1, 0.15) is 24.2 Å². The van der Waals surface area contributed by atoms with Crippen LogP contribution in [0.15, 0.2) is 54.9 Å². The Bertz CT molecular complexity index is 606. The number of carbonyl (C=O) groups excluding carboxylic acids is 2. The molecule has 0 saturated carbocycles. The van der Waals surface area contributed by atoms with E-state index in [1.807, 2.05) is 44.2 Å². The second kappa shape index (κ2) is 7.45. The van der Waals surface area contributed by atoms with E-state index in [1.165, 1.54) is 4.57 Å². The van der Waals surface area contributed by atoms with E-state index < -0.39 is 6.04 Å². The van der Waals surface area contributed by atoms with Crippen LogP contribution in [0.5, 0.6) is 0 Å². The number of carbonyl (C=O) groups is 2. The molecule has 22 heavy (non-hydrogen) atoms. The first-order chi connectivity index (χ1) is 10.6. The molecule has 0 radical (unpaired) electrons. The Morgan fingerprint density at radius 3 is 2.23 bits per heavy atom. The van der Waals surface area contributed by atoms with Gasteiger partial charge in [0.25, 0.3) is 5.91 Å². The summed E-state index contributed by atoms with van der Waals surface area (Å²) in [6.07, 6.45) is 3.81. The summed E-state index contributed by atoms with van der Waals surface area (Å²) >= 11 is 0. The predicted molar refractivity (Wildman–Crippen MR) is 85.8 cm³/mol. The standard InChI is InChI=1S/C17H21N3O2/c1-13(2)18-17(22)19-15(12-14-8-4-3-5-9-14)16(21)20-10-6-7-11-20/h3-11,13,15H,12H2,1-2H3,(H2,18,19,22)/t15-/m0/s1. The Hall–Kier alpha value is -2.56. The van der Waals surface area contributed by atoms with Crippen LogP contribution in [0.3, 0.4) is 0 Å². The first-order valence-electron chi connectivity index (χ1n) is 7.34. The van der Waals surface area contributed by atoms with E-state index in [-0.39, 0.29) is 18.0 Å². The zero-order valence-corrected chi connectivity index (χ0v) is 12.8. The minimum atomic E-state index is -0.617. The lowest BCUT2D eigenvalue weighted by Crippen LogP contribution is -2.50. The fraction of sp³-hybridized carbons (Fsp3) is 0.294. The molecule has 0 aliphatic rings. The summed E-state index contributed by atoms with van der Waals surface area (Å²) in [5.74, 6) is -0.159. The molecule has 2 N–H and O–H groups in total. The topological polar surface area (TPSA) is 63.1 Å². The molecule has 0 bridgehead atoms. The largest absolute Gasteiger partial charge is 0.336 e. The summed E-state index contributed by atoms with van der Waals surface area (Å²) in [6, 6.07) is 12.3. The highest BCUT2D eigenvalue weighted by Crippen LogP contribution is 2.06. The summed E-state index contributed by atoms with van der Waals surface area (Å²) in [7, 11) is 0. The van der Waals surface area contributed by atoms with E-state index in [0.717, 1.165) is 5.56 Å². The Morgan fingerprint density at radius 1 is 1.00 bits per heavy atom. The molecule has 1 aromatic carbocycles. The number of hydrogen-bond donors (Lipinski definition) is 2. The van der Waals surface area contributed by atoms with Crippen molar-refractivity contribution in [1.29, 1.82) is 0 Å². The number of amides is 2. The maximum Gasteiger partial charge on any atom is 0.315 e. The van der Waals surface area contributed by atoms with Crippen LogP contribution in [0.25, 0.3) is 0 Å². The van der Waals surface area contributed by atoms with Gasteiger partial charge >= 0.3 is 6.03 Å². The van der Waals surface area contributed by atoms with Crippen LogP contribution in [0.4, 0.5) is 4.79 Å². The first-order valence-corrected chi connectivity index (χ1v) is 7.34. The highest BCUT2D eigenvalue weighted by molar-refractivity contribution is 5.89. The molecule has 0 saturated heterocycles. The van der Waals surface area contributed by atoms with Gasteiger partial charge in [-0.15, -0.1) is 0 Å². The molecule has 5 nitrogen and oxygen atoms in total. The maximum atomic E-state index is 12.6. The van der Waals surface area contributed by atoms with Crippen LogP contribution in [-0.2, 0) is 6.42 Å². The van der Waals surface area contributed by atoms with E-state index >= 15 is 0 Å². The summed E-state index contributed by atoms with van der Waals surface area (Å²) < 4.78 is 1.49. The van der Waals surface area contributed by atoms with E-state index in [1.54, 1.807) is 24.5 Å². The SMILES string of the molecule is CC(C)NC(=O)N[C@@H](Cc1ccccc1)C(=O)n1cccc1. The fourth-order valence-electron chi connectivity index (χ4n) is 2.17. The number of nitrogens with one attached hydrogen (secondary N) is 2. The Balaban J connectivity index is 2.13. The second-order valence-electron chi connectivity index (χ2n) is 5.44. The van der Waals surface area contributed by atoms with E-state index in [0.29, 0.717) is 6.42 Å². The molecular formula is C17H21N3O2. The quantitative estimate of drug-likeness (QED) is 0.890. The summed E-state index contributed by atoms with van der Waals surface area (Å²) in [6.45, 7) is 3.75. The lowest BCUT2D eigenvalue weighted by molar-refractivity contribution is 0.0862. The van der Waals surface area contributed by atoms with Gasteiger partial charge < -0.3 is 10.6 Å². The minimum Gasteiger partial charge on any atom is -0.336 e. The molecule has 1 heterocycles. The van der Waals surface area contributed by atoms with E-state index in [4.69, 9.17) is 0 Å². The first kappa shape index (κ1) is 15.8. The van der Waals surface area contributed by atoms with Crippen LogP contribution in [0.2, 0.25) is 0 Å². The zero-order valence-electron chi connectivity index (χ0n) is 12.8. The average Bonchev–Trinajstić information content (AvgIpc) is 3.00. The third kappa shape index (κ3) is 4.48. The van der Waals surface area contributed by atoms with Gasteiger partial charge in [-0.1, -0.05) is 30.3 Å². The highest BCUT2D eigenvalue weighted by Gasteiger charge is 2.22. The molecule has 1 atom stereocenters. The van der Waals surface area contributed by atoms with Gasteiger partial charge in [0.15, 0.2) is 0 Å². The molecule has 2 amide bonds. The van der Waals surface area contributed by atoms with Gasteiger partial charge in [0.2, 0.25) is 0 Å². The van der Waals surface area contributed by atoms with Crippen LogP contribution >= 0.6 is 0 Å². The van der Waals surface area contributed by atoms with Crippen molar-refractivity contribution in [2.24, 2.45) is 0 Å². The second-order valence-corrected chi connectivity index (χ2v) is 5.44. The Kier molecular flexibility index (Phi) is 5.36. The number of rotatable bonds is 5. The van der Waals surface area contributed by atoms with Gasteiger partial charge in [-0.2, -0.15) is 0 Å². The average molecular weight is 299 g/mol. The third-order valence-electron chi connectivity index (χ3n) is 3.16. The smallest absolute Gasteiger partial charge is 0.315 e. The molecule has 1 aromatic heterocycles. The number of nitrogens with zero attached hydrogens (tertiary/aromatic N) is 1. The van der Waals surface area contributed by atoms with Crippen molar-refractivity contribution in [3.05, 3.63) is 60.4 Å². The van der Waals surface area contributed by atoms with Crippen molar-refractivity contribution >= 4 is 11.9 Å². The normalized spacial score (nSPS) is 12.0. The molecule has 2 aromatic rings.